The van der Waals surface area contributed by atoms with E-state index in [0.717, 1.165) is 11.1 Å². The van der Waals surface area contributed by atoms with Gasteiger partial charge in [0, 0.05) is 16.0 Å². The minimum atomic E-state index is -0.270. The van der Waals surface area contributed by atoms with Crippen LogP contribution in [0.2, 0.25) is 10.0 Å². The molecular formula is C20H18Cl2N2O2S. The van der Waals surface area contributed by atoms with Crippen LogP contribution in [0.5, 0.6) is 5.75 Å². The molecule has 0 saturated carbocycles. The van der Waals surface area contributed by atoms with Crippen molar-refractivity contribution < 1.29 is 9.53 Å². The fourth-order valence-electron chi connectivity index (χ4n) is 2.42. The van der Waals surface area contributed by atoms with E-state index in [0.29, 0.717) is 32.5 Å². The van der Waals surface area contributed by atoms with Gasteiger partial charge in [-0.2, -0.15) is 0 Å². The van der Waals surface area contributed by atoms with E-state index in [-0.39, 0.29) is 12.5 Å². The average molecular weight is 421 g/mol. The molecular weight excluding hydrogens is 403 g/mol. The van der Waals surface area contributed by atoms with Gasteiger partial charge in [-0.25, -0.2) is 4.98 Å². The third-order valence-electron chi connectivity index (χ3n) is 3.85. The molecule has 0 bridgehead atoms. The van der Waals surface area contributed by atoms with E-state index >= 15 is 0 Å². The lowest BCUT2D eigenvalue weighted by Gasteiger charge is -2.09. The first-order valence-electron chi connectivity index (χ1n) is 8.36. The second-order valence-electron chi connectivity index (χ2n) is 6.23. The van der Waals surface area contributed by atoms with Crippen molar-refractivity contribution in [2.45, 2.75) is 19.8 Å². The molecule has 140 valence electrons. The molecule has 4 nitrogen and oxygen atoms in total. The summed E-state index contributed by atoms with van der Waals surface area (Å²) in [5.74, 6) is 0.799. The maximum atomic E-state index is 12.1. The van der Waals surface area contributed by atoms with Crippen LogP contribution in [0.3, 0.4) is 0 Å². The highest BCUT2D eigenvalue weighted by atomic mass is 35.5. The number of carbonyl (C=O) groups is 1. The zero-order chi connectivity index (χ0) is 19.4. The number of hydrogen-bond donors (Lipinski definition) is 1. The van der Waals surface area contributed by atoms with Crippen LogP contribution in [-0.2, 0) is 4.79 Å². The number of nitrogens with zero attached hydrogens (tertiary/aromatic N) is 1. The number of amides is 1. The first kappa shape index (κ1) is 19.7. The Hall–Kier alpha value is -2.08. The molecule has 0 aliphatic rings. The molecule has 0 aliphatic carbocycles. The molecule has 3 aromatic rings. The summed E-state index contributed by atoms with van der Waals surface area (Å²) >= 11 is 13.4. The van der Waals surface area contributed by atoms with Crippen molar-refractivity contribution in [1.82, 2.24) is 4.98 Å². The largest absolute Gasteiger partial charge is 0.484 e. The molecule has 0 unspecified atom stereocenters. The zero-order valence-electron chi connectivity index (χ0n) is 14.8. The lowest BCUT2D eigenvalue weighted by molar-refractivity contribution is -0.118. The number of aromatic nitrogens is 1. The maximum Gasteiger partial charge on any atom is 0.264 e. The number of anilines is 1. The molecule has 0 radical (unpaired) electrons. The number of hydrogen-bond acceptors (Lipinski definition) is 4. The predicted molar refractivity (Wildman–Crippen MR) is 112 cm³/mol. The van der Waals surface area contributed by atoms with Gasteiger partial charge in [-0.3, -0.25) is 10.1 Å². The molecule has 0 spiro atoms. The molecule has 0 atom stereocenters. The highest BCUT2D eigenvalue weighted by Crippen LogP contribution is 2.32. The third-order valence-corrected chi connectivity index (χ3v) is 5.16. The molecule has 3 rings (SSSR count). The second kappa shape index (κ2) is 8.74. The number of rotatable bonds is 6. The maximum absolute atomic E-state index is 12.1. The van der Waals surface area contributed by atoms with Gasteiger partial charge >= 0.3 is 0 Å². The molecule has 27 heavy (non-hydrogen) atoms. The van der Waals surface area contributed by atoms with Crippen LogP contribution in [0.15, 0.2) is 47.8 Å². The summed E-state index contributed by atoms with van der Waals surface area (Å²) in [6.07, 6.45) is 0. The molecule has 7 heteroatoms. The van der Waals surface area contributed by atoms with Gasteiger partial charge in [0.25, 0.3) is 5.91 Å². The molecule has 0 saturated heterocycles. The Balaban J connectivity index is 1.60. The van der Waals surface area contributed by atoms with Crippen LogP contribution >= 0.6 is 34.5 Å². The minimum absolute atomic E-state index is 0.0852. The minimum Gasteiger partial charge on any atom is -0.484 e. The topological polar surface area (TPSA) is 51.2 Å². The standard InChI is InChI=1S/C20H18Cl2N2O2S/c1-12(2)13-4-3-5-15(8-13)26-10-19(25)24-20-23-18(11-27-20)16-7-6-14(21)9-17(16)22/h3-9,11-12H,10H2,1-2H3,(H,23,24,25). The van der Waals surface area contributed by atoms with Gasteiger partial charge in [0.1, 0.15) is 5.75 Å². The number of nitrogens with one attached hydrogen (secondary N) is 1. The lowest BCUT2D eigenvalue weighted by Crippen LogP contribution is -2.20. The van der Waals surface area contributed by atoms with E-state index in [1.807, 2.05) is 29.6 Å². The summed E-state index contributed by atoms with van der Waals surface area (Å²) in [6, 6.07) is 13.0. The molecule has 1 N–H and O–H groups in total. The van der Waals surface area contributed by atoms with Gasteiger partial charge in [-0.05, 0) is 41.8 Å². The van der Waals surface area contributed by atoms with Crippen molar-refractivity contribution in [3.05, 3.63) is 63.5 Å². The van der Waals surface area contributed by atoms with Crippen molar-refractivity contribution in [3.8, 4) is 17.0 Å². The van der Waals surface area contributed by atoms with Gasteiger partial charge in [-0.15, -0.1) is 11.3 Å². The first-order chi connectivity index (χ1) is 12.9. The molecule has 0 fully saturated rings. The summed E-state index contributed by atoms with van der Waals surface area (Å²) in [5, 5.41) is 6.14. The van der Waals surface area contributed by atoms with Crippen molar-refractivity contribution in [1.29, 1.82) is 0 Å². The van der Waals surface area contributed by atoms with Crippen LogP contribution in [0.1, 0.15) is 25.3 Å². The Kier molecular flexibility index (Phi) is 6.37. The lowest BCUT2D eigenvalue weighted by atomic mass is 10.0. The molecule has 1 amide bonds. The predicted octanol–water partition coefficient (Wildman–Crippen LogP) is 6.26. The van der Waals surface area contributed by atoms with Gasteiger partial charge in [0.2, 0.25) is 0 Å². The number of benzene rings is 2. The van der Waals surface area contributed by atoms with E-state index in [4.69, 9.17) is 27.9 Å². The van der Waals surface area contributed by atoms with Crippen molar-refractivity contribution in [3.63, 3.8) is 0 Å². The summed E-state index contributed by atoms with van der Waals surface area (Å²) < 4.78 is 5.58. The quantitative estimate of drug-likeness (QED) is 0.511. The summed E-state index contributed by atoms with van der Waals surface area (Å²) in [7, 11) is 0. The van der Waals surface area contributed by atoms with E-state index < -0.39 is 0 Å². The molecule has 2 aromatic carbocycles. The fraction of sp³-hybridized carbons (Fsp3) is 0.200. The zero-order valence-corrected chi connectivity index (χ0v) is 17.2. The van der Waals surface area contributed by atoms with Crippen LogP contribution < -0.4 is 10.1 Å². The summed E-state index contributed by atoms with van der Waals surface area (Å²) in [5.41, 5.74) is 2.61. The average Bonchev–Trinajstić information content (AvgIpc) is 3.08. The van der Waals surface area contributed by atoms with Crippen molar-refractivity contribution in [2.24, 2.45) is 0 Å². The van der Waals surface area contributed by atoms with E-state index in [1.54, 1.807) is 18.2 Å². The van der Waals surface area contributed by atoms with Crippen LogP contribution in [-0.4, -0.2) is 17.5 Å². The number of carbonyl (C=O) groups excluding carboxylic acids is 1. The third kappa shape index (κ3) is 5.22. The van der Waals surface area contributed by atoms with Crippen molar-refractivity contribution >= 4 is 45.6 Å². The Morgan fingerprint density at radius 1 is 1.22 bits per heavy atom. The Morgan fingerprint density at radius 3 is 2.78 bits per heavy atom. The van der Waals surface area contributed by atoms with Gasteiger partial charge in [0.15, 0.2) is 11.7 Å². The van der Waals surface area contributed by atoms with Crippen molar-refractivity contribution in [2.75, 3.05) is 11.9 Å². The van der Waals surface area contributed by atoms with E-state index in [9.17, 15) is 4.79 Å². The second-order valence-corrected chi connectivity index (χ2v) is 7.93. The Labute approximate surface area is 172 Å². The Bertz CT molecular complexity index is 957. The Morgan fingerprint density at radius 2 is 2.04 bits per heavy atom. The molecule has 1 aromatic heterocycles. The van der Waals surface area contributed by atoms with E-state index in [1.165, 1.54) is 11.3 Å². The van der Waals surface area contributed by atoms with Crippen LogP contribution in [0.4, 0.5) is 5.13 Å². The monoisotopic (exact) mass is 420 g/mol. The van der Waals surface area contributed by atoms with Gasteiger partial charge < -0.3 is 4.74 Å². The SMILES string of the molecule is CC(C)c1cccc(OCC(=O)Nc2nc(-c3ccc(Cl)cc3Cl)cs2)c1. The smallest absolute Gasteiger partial charge is 0.264 e. The number of halogens is 2. The normalized spacial score (nSPS) is 10.9. The first-order valence-corrected chi connectivity index (χ1v) is 9.99. The molecule has 1 heterocycles. The molecule has 0 aliphatic heterocycles. The van der Waals surface area contributed by atoms with Gasteiger partial charge in [-0.1, -0.05) is 49.2 Å². The van der Waals surface area contributed by atoms with E-state index in [2.05, 4.69) is 24.1 Å². The number of thiazole rings is 1. The van der Waals surface area contributed by atoms with Crippen LogP contribution in [0.25, 0.3) is 11.3 Å². The highest BCUT2D eigenvalue weighted by molar-refractivity contribution is 7.14. The number of ether oxygens (including phenoxy) is 1. The highest BCUT2D eigenvalue weighted by Gasteiger charge is 2.11. The van der Waals surface area contributed by atoms with Crippen LogP contribution in [0, 0.1) is 0 Å². The fourth-order valence-corrected chi connectivity index (χ4v) is 3.65. The summed E-state index contributed by atoms with van der Waals surface area (Å²) in [6.45, 7) is 4.13. The summed E-state index contributed by atoms with van der Waals surface area (Å²) in [4.78, 5) is 16.6. The van der Waals surface area contributed by atoms with Gasteiger partial charge in [0.05, 0.1) is 10.7 Å².